The van der Waals surface area contributed by atoms with Crippen LogP contribution < -0.4 is 10.6 Å². The van der Waals surface area contributed by atoms with E-state index in [1.54, 1.807) is 6.92 Å². The Hall–Kier alpha value is -1.60. The van der Waals surface area contributed by atoms with Crippen LogP contribution in [0.4, 0.5) is 0 Å². The van der Waals surface area contributed by atoms with Crippen molar-refractivity contribution in [2.45, 2.75) is 33.2 Å². The van der Waals surface area contributed by atoms with Gasteiger partial charge < -0.3 is 15.5 Å². The number of thiophene rings is 1. The van der Waals surface area contributed by atoms with Crippen molar-refractivity contribution >= 4 is 23.2 Å². The molecule has 0 aromatic carbocycles. The number of amides is 1. The Bertz CT molecular complexity index is 578. The lowest BCUT2D eigenvalue weighted by Gasteiger charge is -2.34. The summed E-state index contributed by atoms with van der Waals surface area (Å²) in [5.41, 5.74) is 0. The standard InChI is InChI=1S/C18H31N5OS/c1-14(13-17-6-5-15(2)25-17)21-18(19-4)20-7-8-22-9-11-23(12-10-22)16(3)24/h5-6,14H,7-13H2,1-4H3,(H2,19,20,21). The molecule has 2 heterocycles. The topological polar surface area (TPSA) is 60.0 Å². The first-order chi connectivity index (χ1) is 12.0. The first-order valence-corrected chi connectivity index (χ1v) is 9.80. The molecule has 1 aromatic rings. The number of piperazine rings is 1. The van der Waals surface area contributed by atoms with E-state index < -0.39 is 0 Å². The van der Waals surface area contributed by atoms with E-state index in [0.29, 0.717) is 6.04 Å². The largest absolute Gasteiger partial charge is 0.355 e. The molecule has 7 heteroatoms. The van der Waals surface area contributed by atoms with Crippen LogP contribution in [0, 0.1) is 6.92 Å². The van der Waals surface area contributed by atoms with Gasteiger partial charge in [0.25, 0.3) is 0 Å². The third-order valence-corrected chi connectivity index (χ3v) is 5.47. The molecule has 6 nitrogen and oxygen atoms in total. The maximum atomic E-state index is 11.4. The Balaban J connectivity index is 1.66. The summed E-state index contributed by atoms with van der Waals surface area (Å²) in [4.78, 5) is 22.7. The number of aryl methyl sites for hydroxylation is 1. The van der Waals surface area contributed by atoms with E-state index in [4.69, 9.17) is 0 Å². The number of rotatable bonds is 6. The highest BCUT2D eigenvalue weighted by Gasteiger charge is 2.18. The summed E-state index contributed by atoms with van der Waals surface area (Å²) in [6.45, 7) is 11.3. The number of hydrogen-bond acceptors (Lipinski definition) is 4. The normalized spacial score (nSPS) is 17.4. The van der Waals surface area contributed by atoms with Gasteiger partial charge in [0.1, 0.15) is 0 Å². The van der Waals surface area contributed by atoms with Gasteiger partial charge in [-0.25, -0.2) is 0 Å². The van der Waals surface area contributed by atoms with Gasteiger partial charge in [0, 0.05) is 75.5 Å². The van der Waals surface area contributed by atoms with E-state index in [2.05, 4.69) is 46.5 Å². The first kappa shape index (κ1) is 19.7. The maximum Gasteiger partial charge on any atom is 0.219 e. The molecule has 0 radical (unpaired) electrons. The average Bonchev–Trinajstić information content (AvgIpc) is 2.99. The second-order valence-corrected chi connectivity index (χ2v) is 7.98. The minimum atomic E-state index is 0.178. The van der Waals surface area contributed by atoms with Gasteiger partial charge in [-0.05, 0) is 26.0 Å². The molecule has 1 atom stereocenters. The molecular formula is C18H31N5OS. The molecule has 1 aromatic heterocycles. The smallest absolute Gasteiger partial charge is 0.219 e. The number of nitrogens with zero attached hydrogens (tertiary/aromatic N) is 3. The molecule has 2 N–H and O–H groups in total. The summed E-state index contributed by atoms with van der Waals surface area (Å²) in [5.74, 6) is 1.03. The lowest BCUT2D eigenvalue weighted by Crippen LogP contribution is -2.51. The van der Waals surface area contributed by atoms with Crippen LogP contribution >= 0.6 is 11.3 Å². The molecule has 25 heavy (non-hydrogen) atoms. The molecule has 1 saturated heterocycles. The van der Waals surface area contributed by atoms with Crippen LogP contribution in [0.3, 0.4) is 0 Å². The minimum Gasteiger partial charge on any atom is -0.355 e. The molecule has 0 saturated carbocycles. The monoisotopic (exact) mass is 365 g/mol. The Morgan fingerprint density at radius 1 is 1.32 bits per heavy atom. The Kier molecular flexibility index (Phi) is 7.71. The molecule has 1 aliphatic heterocycles. The molecule has 0 bridgehead atoms. The van der Waals surface area contributed by atoms with Crippen LogP contribution in [0.2, 0.25) is 0 Å². The molecule has 2 rings (SSSR count). The Morgan fingerprint density at radius 2 is 2.04 bits per heavy atom. The van der Waals surface area contributed by atoms with Crippen LogP contribution in [0.15, 0.2) is 17.1 Å². The van der Waals surface area contributed by atoms with Crippen molar-refractivity contribution < 1.29 is 4.79 Å². The van der Waals surface area contributed by atoms with E-state index in [-0.39, 0.29) is 5.91 Å². The predicted molar refractivity (Wildman–Crippen MR) is 105 cm³/mol. The van der Waals surface area contributed by atoms with E-state index in [0.717, 1.165) is 51.6 Å². The second kappa shape index (κ2) is 9.77. The van der Waals surface area contributed by atoms with Gasteiger partial charge in [0.2, 0.25) is 5.91 Å². The molecule has 1 fully saturated rings. The Labute approximate surface area is 155 Å². The van der Waals surface area contributed by atoms with Crippen LogP contribution in [-0.4, -0.2) is 74.0 Å². The maximum absolute atomic E-state index is 11.4. The number of carbonyl (C=O) groups is 1. The third kappa shape index (κ3) is 6.66. The number of aliphatic imine (C=N–C) groups is 1. The van der Waals surface area contributed by atoms with Gasteiger partial charge >= 0.3 is 0 Å². The van der Waals surface area contributed by atoms with Crippen molar-refractivity contribution in [1.29, 1.82) is 0 Å². The van der Waals surface area contributed by atoms with Crippen LogP contribution in [0.5, 0.6) is 0 Å². The molecule has 0 aliphatic carbocycles. The quantitative estimate of drug-likeness (QED) is 0.590. The fraction of sp³-hybridized carbons (Fsp3) is 0.667. The lowest BCUT2D eigenvalue weighted by atomic mass is 10.2. The van der Waals surface area contributed by atoms with Gasteiger partial charge in [0.15, 0.2) is 5.96 Å². The second-order valence-electron chi connectivity index (χ2n) is 6.61. The highest BCUT2D eigenvalue weighted by molar-refractivity contribution is 7.11. The number of nitrogens with one attached hydrogen (secondary N) is 2. The van der Waals surface area contributed by atoms with Crippen molar-refractivity contribution in [1.82, 2.24) is 20.4 Å². The molecule has 1 aliphatic rings. The summed E-state index contributed by atoms with van der Waals surface area (Å²) in [7, 11) is 1.81. The van der Waals surface area contributed by atoms with E-state index in [1.165, 1.54) is 9.75 Å². The predicted octanol–water partition coefficient (Wildman–Crippen LogP) is 1.32. The number of hydrogen-bond donors (Lipinski definition) is 2. The highest BCUT2D eigenvalue weighted by atomic mass is 32.1. The van der Waals surface area contributed by atoms with E-state index >= 15 is 0 Å². The molecule has 1 amide bonds. The summed E-state index contributed by atoms with van der Waals surface area (Å²) in [5, 5.41) is 6.85. The fourth-order valence-electron chi connectivity index (χ4n) is 2.99. The number of carbonyl (C=O) groups excluding carboxylic acids is 1. The van der Waals surface area contributed by atoms with Crippen LogP contribution in [-0.2, 0) is 11.2 Å². The zero-order valence-corrected chi connectivity index (χ0v) is 16.7. The summed E-state index contributed by atoms with van der Waals surface area (Å²) >= 11 is 1.85. The molecule has 140 valence electrons. The van der Waals surface area contributed by atoms with Crippen molar-refractivity contribution in [3.8, 4) is 0 Å². The SMILES string of the molecule is CN=C(NCCN1CCN(C(C)=O)CC1)NC(C)Cc1ccc(C)s1. The highest BCUT2D eigenvalue weighted by Crippen LogP contribution is 2.16. The van der Waals surface area contributed by atoms with Gasteiger partial charge in [0.05, 0.1) is 0 Å². The van der Waals surface area contributed by atoms with Gasteiger partial charge in [-0.3, -0.25) is 14.7 Å². The Morgan fingerprint density at radius 3 is 2.60 bits per heavy atom. The number of guanidine groups is 1. The van der Waals surface area contributed by atoms with Crippen molar-refractivity contribution in [2.24, 2.45) is 4.99 Å². The zero-order chi connectivity index (χ0) is 18.2. The molecule has 1 unspecified atom stereocenters. The minimum absolute atomic E-state index is 0.178. The average molecular weight is 366 g/mol. The van der Waals surface area contributed by atoms with Gasteiger partial charge in [-0.1, -0.05) is 0 Å². The molecular weight excluding hydrogens is 334 g/mol. The summed E-state index contributed by atoms with van der Waals surface area (Å²) in [6.07, 6.45) is 1.01. The van der Waals surface area contributed by atoms with Crippen LogP contribution in [0.1, 0.15) is 23.6 Å². The van der Waals surface area contributed by atoms with Crippen molar-refractivity contribution in [3.05, 3.63) is 21.9 Å². The fourth-order valence-corrected chi connectivity index (χ4v) is 4.01. The first-order valence-electron chi connectivity index (χ1n) is 8.98. The van der Waals surface area contributed by atoms with E-state index in [1.807, 2.05) is 23.3 Å². The summed E-state index contributed by atoms with van der Waals surface area (Å²) < 4.78 is 0. The van der Waals surface area contributed by atoms with Crippen molar-refractivity contribution in [3.63, 3.8) is 0 Å². The zero-order valence-electron chi connectivity index (χ0n) is 15.8. The lowest BCUT2D eigenvalue weighted by molar-refractivity contribution is -0.130. The van der Waals surface area contributed by atoms with Gasteiger partial charge in [-0.2, -0.15) is 0 Å². The molecule has 0 spiro atoms. The third-order valence-electron chi connectivity index (χ3n) is 4.45. The summed E-state index contributed by atoms with van der Waals surface area (Å²) in [6, 6.07) is 4.71. The van der Waals surface area contributed by atoms with Crippen molar-refractivity contribution in [2.75, 3.05) is 46.3 Å². The van der Waals surface area contributed by atoms with E-state index in [9.17, 15) is 4.79 Å². The van der Waals surface area contributed by atoms with Gasteiger partial charge in [-0.15, -0.1) is 11.3 Å². The van der Waals surface area contributed by atoms with Crippen LogP contribution in [0.25, 0.3) is 0 Å².